The topological polar surface area (TPSA) is 64.6 Å². The van der Waals surface area contributed by atoms with Crippen LogP contribution in [0, 0.1) is 17.8 Å². The number of carbonyl (C=O) groups is 2. The molecule has 0 spiro atoms. The van der Waals surface area contributed by atoms with E-state index in [1.54, 1.807) is 0 Å². The molecule has 0 unspecified atom stereocenters. The summed E-state index contributed by atoms with van der Waals surface area (Å²) >= 11 is 0. The van der Waals surface area contributed by atoms with Gasteiger partial charge in [-0.1, -0.05) is 12.2 Å². The Hall–Kier alpha value is -1.52. The Morgan fingerprint density at radius 1 is 1.15 bits per heavy atom. The highest BCUT2D eigenvalue weighted by Crippen LogP contribution is 2.41. The van der Waals surface area contributed by atoms with E-state index in [2.05, 4.69) is 17.5 Å². The van der Waals surface area contributed by atoms with Gasteiger partial charge in [0.2, 0.25) is 0 Å². The molecule has 3 aliphatic carbocycles. The maximum Gasteiger partial charge on any atom is 0.407 e. The first-order chi connectivity index (χ1) is 9.31. The van der Waals surface area contributed by atoms with Crippen molar-refractivity contribution in [2.45, 2.75) is 45.3 Å². The Kier molecular flexibility index (Phi) is 4.06. The predicted octanol–water partition coefficient (Wildman–Crippen LogP) is 2.26. The number of allylic oxidation sites excluding steroid dienone is 1. The third-order valence-corrected chi connectivity index (χ3v) is 3.91. The van der Waals surface area contributed by atoms with Crippen LogP contribution in [-0.2, 0) is 14.3 Å². The van der Waals surface area contributed by atoms with Crippen molar-refractivity contribution in [3.8, 4) is 0 Å². The molecular weight excluding hydrogens is 258 g/mol. The summed E-state index contributed by atoms with van der Waals surface area (Å²) in [6.07, 6.45) is 5.64. The first kappa shape index (κ1) is 14.9. The van der Waals surface area contributed by atoms with Crippen LogP contribution in [-0.4, -0.2) is 30.8 Å². The van der Waals surface area contributed by atoms with Gasteiger partial charge < -0.3 is 14.8 Å². The normalized spacial score (nSPS) is 31.8. The number of ether oxygens (including phenoxy) is 2. The molecule has 1 N–H and O–H groups in total. The molecule has 0 aromatic heterocycles. The van der Waals surface area contributed by atoms with Crippen LogP contribution in [0.3, 0.4) is 0 Å². The van der Waals surface area contributed by atoms with Crippen LogP contribution in [0.1, 0.15) is 33.6 Å². The van der Waals surface area contributed by atoms with Gasteiger partial charge in [-0.25, -0.2) is 4.79 Å². The maximum atomic E-state index is 12.0. The average Bonchev–Trinajstić information content (AvgIpc) is 2.37. The first-order valence-electron chi connectivity index (χ1n) is 7.07. The minimum Gasteiger partial charge on any atom is -0.469 e. The van der Waals surface area contributed by atoms with Crippen molar-refractivity contribution in [2.24, 2.45) is 17.8 Å². The number of hydrogen-bond acceptors (Lipinski definition) is 4. The molecule has 0 aliphatic heterocycles. The highest BCUT2D eigenvalue weighted by molar-refractivity contribution is 5.76. The second-order valence-electron chi connectivity index (χ2n) is 6.51. The molecule has 2 bridgehead atoms. The van der Waals surface area contributed by atoms with E-state index in [0.717, 1.165) is 12.8 Å². The summed E-state index contributed by atoms with van der Waals surface area (Å²) in [5, 5.41) is 2.86. The van der Waals surface area contributed by atoms with E-state index in [0.29, 0.717) is 0 Å². The largest absolute Gasteiger partial charge is 0.469 e. The Balaban J connectivity index is 2.10. The van der Waals surface area contributed by atoms with Gasteiger partial charge in [0.05, 0.1) is 19.1 Å². The molecule has 1 saturated carbocycles. The fourth-order valence-electron chi connectivity index (χ4n) is 3.09. The zero-order chi connectivity index (χ0) is 14.9. The second kappa shape index (κ2) is 5.46. The van der Waals surface area contributed by atoms with Crippen LogP contribution in [0.15, 0.2) is 12.2 Å². The maximum absolute atomic E-state index is 12.0. The van der Waals surface area contributed by atoms with Gasteiger partial charge in [-0.05, 0) is 45.4 Å². The summed E-state index contributed by atoms with van der Waals surface area (Å²) in [7, 11) is 1.39. The minimum atomic E-state index is -0.547. The summed E-state index contributed by atoms with van der Waals surface area (Å²) in [6, 6.07) is -0.235. The smallest absolute Gasteiger partial charge is 0.407 e. The molecule has 0 aromatic rings. The van der Waals surface area contributed by atoms with E-state index in [-0.39, 0.29) is 29.8 Å². The number of nitrogens with one attached hydrogen (secondary N) is 1. The van der Waals surface area contributed by atoms with Crippen LogP contribution in [0.4, 0.5) is 4.79 Å². The standard InChI is InChI=1S/C15H23NO4/c1-15(2,3)20-14(18)16-12-10-7-5-9(6-8-10)11(12)13(17)19-4/h5,7,9-12H,6,8H2,1-4H3,(H,16,18)/t9-,10+,11+,12+/m0/s1. The second-order valence-corrected chi connectivity index (χ2v) is 6.51. The van der Waals surface area contributed by atoms with E-state index in [1.165, 1.54) is 7.11 Å². The fourth-order valence-corrected chi connectivity index (χ4v) is 3.09. The average molecular weight is 281 g/mol. The first-order valence-corrected chi connectivity index (χ1v) is 7.07. The van der Waals surface area contributed by atoms with E-state index in [1.807, 2.05) is 20.8 Å². The Labute approximate surface area is 119 Å². The molecule has 4 atom stereocenters. The summed E-state index contributed by atoms with van der Waals surface area (Å²) in [6.45, 7) is 5.45. The highest BCUT2D eigenvalue weighted by Gasteiger charge is 2.46. The van der Waals surface area contributed by atoms with Crippen LogP contribution in [0.2, 0.25) is 0 Å². The Bertz CT molecular complexity index is 424. The van der Waals surface area contributed by atoms with Crippen molar-refractivity contribution < 1.29 is 19.1 Å². The lowest BCUT2D eigenvalue weighted by Crippen LogP contribution is -2.55. The number of amides is 1. The molecule has 5 heteroatoms. The highest BCUT2D eigenvalue weighted by atomic mass is 16.6. The van der Waals surface area contributed by atoms with Crippen molar-refractivity contribution in [1.29, 1.82) is 0 Å². The molecule has 0 saturated heterocycles. The molecule has 0 aromatic carbocycles. The predicted molar refractivity (Wildman–Crippen MR) is 74.0 cm³/mol. The number of esters is 1. The number of hydrogen-bond donors (Lipinski definition) is 1. The van der Waals surface area contributed by atoms with Gasteiger partial charge in [-0.2, -0.15) is 0 Å². The van der Waals surface area contributed by atoms with Gasteiger partial charge in [-0.15, -0.1) is 0 Å². The number of alkyl carbamates (subject to hydrolysis) is 1. The lowest BCUT2D eigenvalue weighted by molar-refractivity contribution is -0.150. The van der Waals surface area contributed by atoms with Gasteiger partial charge in [0.1, 0.15) is 5.60 Å². The van der Waals surface area contributed by atoms with Crippen LogP contribution < -0.4 is 5.32 Å². The van der Waals surface area contributed by atoms with Crippen LogP contribution >= 0.6 is 0 Å². The number of carbonyl (C=O) groups excluding carboxylic acids is 2. The molecule has 3 rings (SSSR count). The molecule has 0 heterocycles. The van der Waals surface area contributed by atoms with Gasteiger partial charge in [0, 0.05) is 0 Å². The van der Waals surface area contributed by atoms with E-state index in [4.69, 9.17) is 9.47 Å². The van der Waals surface area contributed by atoms with Crippen molar-refractivity contribution in [2.75, 3.05) is 7.11 Å². The number of fused-ring (bicyclic) bond motifs is 2. The zero-order valence-electron chi connectivity index (χ0n) is 12.5. The lowest BCUT2D eigenvalue weighted by atomic mass is 9.66. The monoisotopic (exact) mass is 281 g/mol. The summed E-state index contributed by atoms with van der Waals surface area (Å²) < 4.78 is 10.2. The van der Waals surface area contributed by atoms with Gasteiger partial charge in [0.15, 0.2) is 0 Å². The van der Waals surface area contributed by atoms with Gasteiger partial charge in [0.25, 0.3) is 0 Å². The van der Waals surface area contributed by atoms with Crippen LogP contribution in [0.25, 0.3) is 0 Å². The zero-order valence-corrected chi connectivity index (χ0v) is 12.5. The van der Waals surface area contributed by atoms with Gasteiger partial charge >= 0.3 is 12.1 Å². The molecule has 1 fully saturated rings. The van der Waals surface area contributed by atoms with E-state index < -0.39 is 11.7 Å². The SMILES string of the molecule is COC(=O)[C@H]1[C@H](NC(=O)OC(C)(C)C)[C@@H]2C=C[C@H]1CC2. The molecule has 3 aliphatic rings. The third kappa shape index (κ3) is 3.14. The van der Waals surface area contributed by atoms with E-state index in [9.17, 15) is 9.59 Å². The summed E-state index contributed by atoms with van der Waals surface area (Å²) in [4.78, 5) is 23.9. The van der Waals surface area contributed by atoms with Gasteiger partial charge in [-0.3, -0.25) is 4.79 Å². The molecule has 0 radical (unpaired) electrons. The molecular formula is C15H23NO4. The number of rotatable bonds is 2. The van der Waals surface area contributed by atoms with Crippen molar-refractivity contribution in [3.05, 3.63) is 12.2 Å². The summed E-state index contributed by atoms with van der Waals surface area (Å²) in [5.41, 5.74) is -0.547. The Morgan fingerprint density at radius 3 is 2.25 bits per heavy atom. The van der Waals surface area contributed by atoms with Crippen molar-refractivity contribution in [3.63, 3.8) is 0 Å². The molecule has 1 amide bonds. The third-order valence-electron chi connectivity index (χ3n) is 3.91. The number of methoxy groups -OCH3 is 1. The minimum absolute atomic E-state index is 0.146. The van der Waals surface area contributed by atoms with Crippen molar-refractivity contribution >= 4 is 12.1 Å². The van der Waals surface area contributed by atoms with E-state index >= 15 is 0 Å². The summed E-state index contributed by atoms with van der Waals surface area (Å²) in [5.74, 6) is -0.245. The fraction of sp³-hybridized carbons (Fsp3) is 0.733. The molecule has 20 heavy (non-hydrogen) atoms. The lowest BCUT2D eigenvalue weighted by Gasteiger charge is -2.43. The van der Waals surface area contributed by atoms with Crippen molar-refractivity contribution in [1.82, 2.24) is 5.32 Å². The van der Waals surface area contributed by atoms with Crippen LogP contribution in [0.5, 0.6) is 0 Å². The Morgan fingerprint density at radius 2 is 1.75 bits per heavy atom. The molecule has 112 valence electrons. The quantitative estimate of drug-likeness (QED) is 0.623. The molecule has 5 nitrogen and oxygen atoms in total.